The molecular weight excluding hydrogens is 473 g/mol. The quantitative estimate of drug-likeness (QED) is 0.519. The number of likely N-dealkylation sites (tertiary alicyclic amines) is 1. The van der Waals surface area contributed by atoms with Crippen LogP contribution in [-0.4, -0.2) is 60.4 Å². The average molecular weight is 508 g/mol. The van der Waals surface area contributed by atoms with Crippen LogP contribution in [0.3, 0.4) is 0 Å². The Kier molecular flexibility index (Phi) is 8.71. The van der Waals surface area contributed by atoms with E-state index in [9.17, 15) is 18.8 Å². The van der Waals surface area contributed by atoms with Gasteiger partial charge < -0.3 is 19.9 Å². The van der Waals surface area contributed by atoms with Crippen LogP contribution in [0.2, 0.25) is 0 Å². The van der Waals surface area contributed by atoms with Crippen molar-refractivity contribution in [1.82, 2.24) is 15.1 Å². The summed E-state index contributed by atoms with van der Waals surface area (Å²) >= 11 is 0. The minimum Gasteiger partial charge on any atom is -0.463 e. The molecule has 196 valence electrons. The maximum absolute atomic E-state index is 14.0. The van der Waals surface area contributed by atoms with Crippen LogP contribution in [0.1, 0.15) is 60.5 Å². The van der Waals surface area contributed by atoms with Crippen LogP contribution in [0.5, 0.6) is 0 Å². The predicted molar refractivity (Wildman–Crippen MR) is 138 cm³/mol. The predicted octanol–water partition coefficient (Wildman–Crippen LogP) is 4.00. The molecule has 0 aliphatic carbocycles. The smallest absolute Gasteiger partial charge is 0.336 e. The molecule has 1 fully saturated rings. The van der Waals surface area contributed by atoms with E-state index in [1.165, 1.54) is 25.0 Å². The fraction of sp³-hybridized carbons (Fsp3) is 0.414. The Bertz CT molecular complexity index is 1190. The minimum absolute atomic E-state index is 0.0195. The summed E-state index contributed by atoms with van der Waals surface area (Å²) in [6, 6.07) is 13.1. The third-order valence-electron chi connectivity index (χ3n) is 7.01. The first kappa shape index (κ1) is 26.5. The van der Waals surface area contributed by atoms with Crippen molar-refractivity contribution >= 4 is 17.8 Å². The van der Waals surface area contributed by atoms with Gasteiger partial charge in [-0.15, -0.1) is 0 Å². The summed E-state index contributed by atoms with van der Waals surface area (Å²) < 4.78 is 19.3. The second-order valence-corrected chi connectivity index (χ2v) is 9.52. The van der Waals surface area contributed by atoms with Crippen molar-refractivity contribution in [2.24, 2.45) is 0 Å². The van der Waals surface area contributed by atoms with Gasteiger partial charge in [0.15, 0.2) is 0 Å². The monoisotopic (exact) mass is 507 g/mol. The summed E-state index contributed by atoms with van der Waals surface area (Å²) in [6.45, 7) is 7.40. The zero-order valence-electron chi connectivity index (χ0n) is 21.5. The van der Waals surface area contributed by atoms with Gasteiger partial charge in [0.2, 0.25) is 5.91 Å². The Morgan fingerprint density at radius 2 is 1.86 bits per heavy atom. The molecule has 0 saturated carbocycles. The number of nitrogens with zero attached hydrogens (tertiary/aromatic N) is 2. The van der Waals surface area contributed by atoms with Crippen LogP contribution < -0.4 is 5.32 Å². The van der Waals surface area contributed by atoms with Crippen molar-refractivity contribution in [2.75, 3.05) is 32.8 Å². The Hall–Kier alpha value is -3.52. The average Bonchev–Trinajstić information content (AvgIpc) is 3.40. The zero-order valence-corrected chi connectivity index (χ0v) is 21.5. The van der Waals surface area contributed by atoms with Gasteiger partial charge in [0, 0.05) is 36.7 Å². The molecule has 1 saturated heterocycles. The van der Waals surface area contributed by atoms with Crippen molar-refractivity contribution < 1.29 is 23.5 Å². The van der Waals surface area contributed by atoms with E-state index in [0.29, 0.717) is 28.9 Å². The first-order chi connectivity index (χ1) is 17.9. The van der Waals surface area contributed by atoms with Crippen molar-refractivity contribution in [1.29, 1.82) is 0 Å². The van der Waals surface area contributed by atoms with Gasteiger partial charge in [0.05, 0.1) is 18.7 Å². The Morgan fingerprint density at radius 1 is 1.11 bits per heavy atom. The van der Waals surface area contributed by atoms with Crippen LogP contribution >= 0.6 is 0 Å². The number of rotatable bonds is 9. The Morgan fingerprint density at radius 3 is 2.59 bits per heavy atom. The summed E-state index contributed by atoms with van der Waals surface area (Å²) in [4.78, 5) is 42.8. The highest BCUT2D eigenvalue weighted by Crippen LogP contribution is 2.38. The lowest BCUT2D eigenvalue weighted by atomic mass is 9.83. The number of halogens is 1. The maximum atomic E-state index is 14.0. The van der Waals surface area contributed by atoms with Crippen molar-refractivity contribution in [3.05, 3.63) is 82.3 Å². The molecule has 2 aromatic carbocycles. The molecule has 2 heterocycles. The highest BCUT2D eigenvalue weighted by molar-refractivity contribution is 5.96. The summed E-state index contributed by atoms with van der Waals surface area (Å²) in [5.41, 5.74) is 2.68. The molecule has 0 radical (unpaired) electrons. The molecule has 2 amide bonds. The van der Waals surface area contributed by atoms with E-state index in [-0.39, 0.29) is 31.4 Å². The number of ether oxygens (including phenoxy) is 1. The molecule has 2 aromatic rings. The number of nitrogens with one attached hydrogen (secondary N) is 1. The number of allylic oxidation sites excluding steroid dienone is 1. The van der Waals surface area contributed by atoms with Crippen LogP contribution in [0.15, 0.2) is 59.8 Å². The van der Waals surface area contributed by atoms with Crippen molar-refractivity contribution in [3.8, 4) is 0 Å². The topological polar surface area (TPSA) is 79.0 Å². The lowest BCUT2D eigenvalue weighted by molar-refractivity contribution is -0.140. The fourth-order valence-corrected chi connectivity index (χ4v) is 5.11. The molecule has 1 atom stereocenters. The van der Waals surface area contributed by atoms with E-state index >= 15 is 0 Å². The van der Waals surface area contributed by atoms with E-state index in [1.807, 2.05) is 6.07 Å². The third kappa shape index (κ3) is 6.43. The molecule has 1 unspecified atom stereocenters. The third-order valence-corrected chi connectivity index (χ3v) is 7.01. The van der Waals surface area contributed by atoms with E-state index in [4.69, 9.17) is 4.74 Å². The summed E-state index contributed by atoms with van der Waals surface area (Å²) in [5.74, 6) is -1.87. The normalized spacial score (nSPS) is 18.3. The molecule has 4 rings (SSSR count). The number of amides is 2. The molecule has 37 heavy (non-hydrogen) atoms. The highest BCUT2D eigenvalue weighted by Gasteiger charge is 2.37. The molecule has 0 spiro atoms. The molecule has 1 N–H and O–H groups in total. The Balaban J connectivity index is 1.53. The fourth-order valence-electron chi connectivity index (χ4n) is 5.11. The minimum atomic E-state index is -0.591. The summed E-state index contributed by atoms with van der Waals surface area (Å²) in [6.07, 6.45) is 2.44. The first-order valence-electron chi connectivity index (χ1n) is 12.9. The van der Waals surface area contributed by atoms with Crippen LogP contribution in [0.4, 0.5) is 4.39 Å². The number of esters is 1. The van der Waals surface area contributed by atoms with Gasteiger partial charge in [-0.25, -0.2) is 9.18 Å². The van der Waals surface area contributed by atoms with Crippen LogP contribution in [0, 0.1) is 5.82 Å². The van der Waals surface area contributed by atoms with Crippen LogP contribution in [-0.2, 0) is 20.9 Å². The SMILES string of the molecule is CCOC(=O)C1=C(C)N(Cc2cccc(C(=O)NCCN3CCCC3)c2)C(=O)CC1c1cccc(F)c1. The number of hydrogen-bond acceptors (Lipinski definition) is 5. The molecule has 0 bridgehead atoms. The standard InChI is InChI=1S/C29H34FN3O4/c1-3-37-29(36)27-20(2)33(26(34)18-25(27)22-9-7-11-24(30)17-22)19-21-8-6-10-23(16-21)28(35)31-12-15-32-13-4-5-14-32/h6-11,16-17,25H,3-5,12-15,18-19H2,1-2H3,(H,31,35). The first-order valence-corrected chi connectivity index (χ1v) is 12.9. The van der Waals surface area contributed by atoms with Gasteiger partial charge in [-0.2, -0.15) is 0 Å². The lowest BCUT2D eigenvalue weighted by Crippen LogP contribution is -2.38. The van der Waals surface area contributed by atoms with Gasteiger partial charge in [0.1, 0.15) is 5.82 Å². The highest BCUT2D eigenvalue weighted by atomic mass is 19.1. The maximum Gasteiger partial charge on any atom is 0.336 e. The lowest BCUT2D eigenvalue weighted by Gasteiger charge is -2.34. The van der Waals surface area contributed by atoms with Crippen LogP contribution in [0.25, 0.3) is 0 Å². The van der Waals surface area contributed by atoms with E-state index in [1.54, 1.807) is 49.1 Å². The largest absolute Gasteiger partial charge is 0.463 e. The zero-order chi connectivity index (χ0) is 26.4. The van der Waals surface area contributed by atoms with E-state index in [2.05, 4.69) is 10.2 Å². The van der Waals surface area contributed by atoms with Gasteiger partial charge in [-0.05, 0) is 75.2 Å². The molecule has 0 aromatic heterocycles. The van der Waals surface area contributed by atoms with Crippen molar-refractivity contribution in [2.45, 2.75) is 45.6 Å². The number of benzene rings is 2. The molecule has 2 aliphatic rings. The number of carbonyl (C=O) groups is 3. The second-order valence-electron chi connectivity index (χ2n) is 9.52. The number of hydrogen-bond donors (Lipinski definition) is 1. The van der Waals surface area contributed by atoms with Gasteiger partial charge >= 0.3 is 5.97 Å². The number of carbonyl (C=O) groups excluding carboxylic acids is 3. The summed E-state index contributed by atoms with van der Waals surface area (Å²) in [5, 5.41) is 2.98. The second kappa shape index (κ2) is 12.1. The van der Waals surface area contributed by atoms with Gasteiger partial charge in [-0.3, -0.25) is 9.59 Å². The summed E-state index contributed by atoms with van der Waals surface area (Å²) in [7, 11) is 0. The molecule has 8 heteroatoms. The Labute approximate surface area is 217 Å². The van der Waals surface area contributed by atoms with Crippen molar-refractivity contribution in [3.63, 3.8) is 0 Å². The molecular formula is C29H34FN3O4. The molecule has 2 aliphatic heterocycles. The van der Waals surface area contributed by atoms with E-state index in [0.717, 1.165) is 25.2 Å². The molecule has 7 nitrogen and oxygen atoms in total. The van der Waals surface area contributed by atoms with Gasteiger partial charge in [-0.1, -0.05) is 24.3 Å². The van der Waals surface area contributed by atoms with Gasteiger partial charge in [0.25, 0.3) is 5.91 Å². The van der Waals surface area contributed by atoms with E-state index < -0.39 is 17.7 Å².